The number of anilines is 1. The van der Waals surface area contributed by atoms with Crippen LogP contribution in [-0.2, 0) is 0 Å². The number of aromatic nitrogens is 2. The maximum atomic E-state index is 5.96. The normalized spacial score (nSPS) is 17.2. The summed E-state index contributed by atoms with van der Waals surface area (Å²) in [4.78, 5) is 10.1. The number of thiazole rings is 1. The summed E-state index contributed by atoms with van der Waals surface area (Å²) in [5.41, 5.74) is 10.8. The van der Waals surface area contributed by atoms with Crippen LogP contribution < -0.4 is 11.1 Å². The van der Waals surface area contributed by atoms with Crippen LogP contribution in [0.5, 0.6) is 0 Å². The van der Waals surface area contributed by atoms with E-state index >= 15 is 0 Å². The Morgan fingerprint density at radius 2 is 2.16 bits per heavy atom. The third-order valence-electron chi connectivity index (χ3n) is 4.69. The predicted molar refractivity (Wildman–Crippen MR) is 107 cm³/mol. The van der Waals surface area contributed by atoms with Gasteiger partial charge in [-0.15, -0.1) is 11.3 Å². The highest BCUT2D eigenvalue weighted by atomic mass is 32.1. The van der Waals surface area contributed by atoms with E-state index in [0.717, 1.165) is 28.0 Å². The zero-order chi connectivity index (χ0) is 16.8. The van der Waals surface area contributed by atoms with Gasteiger partial charge in [-0.25, -0.2) is 9.97 Å². The minimum Gasteiger partial charge on any atom is -0.391 e. The van der Waals surface area contributed by atoms with Crippen molar-refractivity contribution in [2.75, 3.05) is 12.3 Å². The van der Waals surface area contributed by atoms with Crippen LogP contribution in [0, 0.1) is 0 Å². The molecule has 0 aliphatic carbocycles. The Morgan fingerprint density at radius 1 is 1.20 bits per heavy atom. The third kappa shape index (κ3) is 2.49. The average Bonchev–Trinajstić information content (AvgIpc) is 3.26. The van der Waals surface area contributed by atoms with Gasteiger partial charge < -0.3 is 11.1 Å². The summed E-state index contributed by atoms with van der Waals surface area (Å²) in [6, 6.07) is 8.75. The van der Waals surface area contributed by atoms with E-state index in [4.69, 9.17) is 5.73 Å². The molecule has 0 radical (unpaired) electrons. The van der Waals surface area contributed by atoms with Gasteiger partial charge in [0.25, 0.3) is 0 Å². The van der Waals surface area contributed by atoms with Gasteiger partial charge in [0.05, 0.1) is 10.2 Å². The molecule has 124 valence electrons. The van der Waals surface area contributed by atoms with Crippen LogP contribution in [0.25, 0.3) is 31.6 Å². The Balaban J connectivity index is 1.80. The number of rotatable bonds is 2. The Hall–Kier alpha value is -2.44. The number of allylic oxidation sites excluding steroid dienone is 1. The van der Waals surface area contributed by atoms with Crippen LogP contribution in [0.2, 0.25) is 0 Å². The Morgan fingerprint density at radius 3 is 3.04 bits per heavy atom. The monoisotopic (exact) mass is 364 g/mol. The van der Waals surface area contributed by atoms with E-state index < -0.39 is 0 Å². The molecule has 4 heterocycles. The number of thiophene rings is 1. The number of fused-ring (bicyclic) bond motifs is 2. The molecule has 1 unspecified atom stereocenters. The van der Waals surface area contributed by atoms with E-state index in [0.29, 0.717) is 11.0 Å². The first kappa shape index (κ1) is 14.9. The molecule has 4 aromatic rings. The number of nitrogen functional groups attached to an aromatic ring is 1. The first-order valence-electron chi connectivity index (χ1n) is 8.20. The van der Waals surface area contributed by atoms with Gasteiger partial charge in [0.2, 0.25) is 0 Å². The maximum absolute atomic E-state index is 5.96. The molecule has 0 bridgehead atoms. The van der Waals surface area contributed by atoms with Gasteiger partial charge >= 0.3 is 0 Å². The maximum Gasteiger partial charge on any atom is 0.181 e. The number of nitrogens with zero attached hydrogens (tertiary/aromatic N) is 2. The largest absolute Gasteiger partial charge is 0.391 e. The second kappa shape index (κ2) is 5.82. The molecule has 0 saturated carbocycles. The van der Waals surface area contributed by atoms with Gasteiger partial charge in [-0.05, 0) is 59.0 Å². The molecule has 0 saturated heterocycles. The number of hydrogen-bond donors (Lipinski definition) is 2. The average molecular weight is 364 g/mol. The summed E-state index contributed by atoms with van der Waals surface area (Å²) in [5.74, 6) is 0.439. The van der Waals surface area contributed by atoms with Crippen LogP contribution in [0.3, 0.4) is 0 Å². The molecular weight excluding hydrogens is 348 g/mol. The Bertz CT molecular complexity index is 1110. The molecule has 6 heteroatoms. The summed E-state index contributed by atoms with van der Waals surface area (Å²) in [5, 5.41) is 7.30. The smallest absolute Gasteiger partial charge is 0.181 e. The Kier molecular flexibility index (Phi) is 3.46. The summed E-state index contributed by atoms with van der Waals surface area (Å²) < 4.78 is 1.15. The number of hydrogen-bond acceptors (Lipinski definition) is 6. The van der Waals surface area contributed by atoms with Crippen molar-refractivity contribution in [1.29, 1.82) is 0 Å². The SMILES string of the molecule is Nc1nc2cc(-c3ccnc4sccc34)c(C3CC=CNC3)cc2s1. The molecule has 4 nitrogen and oxygen atoms in total. The zero-order valence-corrected chi connectivity index (χ0v) is 15.0. The quantitative estimate of drug-likeness (QED) is 0.539. The molecular formula is C19H16N4S2. The molecule has 5 rings (SSSR count). The minimum atomic E-state index is 0.439. The molecule has 1 aromatic carbocycles. The lowest BCUT2D eigenvalue weighted by Crippen LogP contribution is -2.20. The van der Waals surface area contributed by atoms with Gasteiger partial charge in [-0.3, -0.25) is 0 Å². The lowest BCUT2D eigenvalue weighted by Gasteiger charge is -2.23. The van der Waals surface area contributed by atoms with Crippen molar-refractivity contribution in [1.82, 2.24) is 15.3 Å². The number of pyridine rings is 1. The van der Waals surface area contributed by atoms with Gasteiger partial charge in [-0.2, -0.15) is 0 Å². The van der Waals surface area contributed by atoms with Crippen molar-refractivity contribution in [3.05, 3.63) is 53.7 Å². The fourth-order valence-corrected chi connectivity index (χ4v) is 5.06. The summed E-state index contributed by atoms with van der Waals surface area (Å²) in [6.45, 7) is 0.946. The standard InChI is InChI=1S/C19H16N4S2/c20-19-23-16-8-15(12-3-6-22-18-13(12)4-7-24-18)14(9-17(16)25-19)11-2-1-5-21-10-11/h1,3-9,11,21H,2,10H2,(H2,20,23). The fourth-order valence-electron chi connectivity index (χ4n) is 3.54. The molecule has 1 atom stereocenters. The number of benzene rings is 1. The predicted octanol–water partition coefficient (Wildman–Crippen LogP) is 4.75. The van der Waals surface area contributed by atoms with E-state index in [1.54, 1.807) is 22.7 Å². The fraction of sp³-hybridized carbons (Fsp3) is 0.158. The highest BCUT2D eigenvalue weighted by Crippen LogP contribution is 2.40. The first-order valence-corrected chi connectivity index (χ1v) is 9.90. The van der Waals surface area contributed by atoms with E-state index in [-0.39, 0.29) is 0 Å². The van der Waals surface area contributed by atoms with E-state index in [1.165, 1.54) is 22.1 Å². The first-order chi connectivity index (χ1) is 12.3. The van der Waals surface area contributed by atoms with Gasteiger partial charge in [0, 0.05) is 24.0 Å². The molecule has 3 aromatic heterocycles. The van der Waals surface area contributed by atoms with Crippen LogP contribution in [0.15, 0.2) is 48.1 Å². The minimum absolute atomic E-state index is 0.439. The molecule has 0 fully saturated rings. The van der Waals surface area contributed by atoms with Crippen molar-refractivity contribution < 1.29 is 0 Å². The number of nitrogens with one attached hydrogen (secondary N) is 1. The summed E-state index contributed by atoms with van der Waals surface area (Å²) in [7, 11) is 0. The van der Waals surface area contributed by atoms with E-state index in [2.05, 4.69) is 51.0 Å². The van der Waals surface area contributed by atoms with Crippen LogP contribution >= 0.6 is 22.7 Å². The van der Waals surface area contributed by atoms with Crippen molar-refractivity contribution in [3.8, 4) is 11.1 Å². The van der Waals surface area contributed by atoms with Crippen molar-refractivity contribution >= 4 is 48.2 Å². The summed E-state index contributed by atoms with van der Waals surface area (Å²) in [6.07, 6.45) is 7.19. The molecule has 3 N–H and O–H groups in total. The van der Waals surface area contributed by atoms with Crippen molar-refractivity contribution in [2.24, 2.45) is 0 Å². The van der Waals surface area contributed by atoms with Gasteiger partial charge in [0.1, 0.15) is 4.83 Å². The molecule has 25 heavy (non-hydrogen) atoms. The molecule has 0 spiro atoms. The van der Waals surface area contributed by atoms with Gasteiger partial charge in [0.15, 0.2) is 5.13 Å². The lowest BCUT2D eigenvalue weighted by atomic mass is 9.87. The van der Waals surface area contributed by atoms with Crippen LogP contribution in [-0.4, -0.2) is 16.5 Å². The highest BCUT2D eigenvalue weighted by molar-refractivity contribution is 7.22. The second-order valence-corrected chi connectivity index (χ2v) is 8.16. The van der Waals surface area contributed by atoms with Gasteiger partial charge in [-0.1, -0.05) is 17.4 Å². The van der Waals surface area contributed by atoms with E-state index in [9.17, 15) is 0 Å². The third-order valence-corrected chi connectivity index (χ3v) is 6.36. The molecule has 1 aliphatic heterocycles. The van der Waals surface area contributed by atoms with Crippen molar-refractivity contribution in [2.45, 2.75) is 12.3 Å². The Labute approximate surface area is 153 Å². The molecule has 1 aliphatic rings. The van der Waals surface area contributed by atoms with E-state index in [1.807, 2.05) is 12.4 Å². The molecule has 0 amide bonds. The van der Waals surface area contributed by atoms with Crippen molar-refractivity contribution in [3.63, 3.8) is 0 Å². The highest BCUT2D eigenvalue weighted by Gasteiger charge is 2.20. The topological polar surface area (TPSA) is 63.8 Å². The zero-order valence-electron chi connectivity index (χ0n) is 13.4. The second-order valence-electron chi connectivity index (χ2n) is 6.20. The van der Waals surface area contributed by atoms with Crippen LogP contribution in [0.1, 0.15) is 17.9 Å². The number of nitrogens with two attached hydrogens (primary N) is 1. The lowest BCUT2D eigenvalue weighted by molar-refractivity contribution is 0.627. The van der Waals surface area contributed by atoms with Crippen LogP contribution in [0.4, 0.5) is 5.13 Å². The summed E-state index contributed by atoms with van der Waals surface area (Å²) >= 11 is 3.23.